The van der Waals surface area contributed by atoms with E-state index in [2.05, 4.69) is 0 Å². The molecule has 1 aliphatic carbocycles. The van der Waals surface area contributed by atoms with Crippen LogP contribution in [0.3, 0.4) is 0 Å². The largest absolute Gasteiger partial charge is 0.497 e. The van der Waals surface area contributed by atoms with Crippen LogP contribution in [-0.2, 0) is 14.3 Å². The minimum Gasteiger partial charge on any atom is -0.497 e. The molecule has 140 valence electrons. The number of carbonyl (C=O) groups is 2. The Morgan fingerprint density at radius 1 is 1.23 bits per heavy atom. The third-order valence-electron chi connectivity index (χ3n) is 4.28. The predicted octanol–water partition coefficient (Wildman–Crippen LogP) is 2.60. The Balaban J connectivity index is 1.91. The summed E-state index contributed by atoms with van der Waals surface area (Å²) in [6, 6.07) is 6.47. The average molecular weight is 363 g/mol. The van der Waals surface area contributed by atoms with E-state index in [1.165, 1.54) is 14.0 Å². The molecule has 2 atom stereocenters. The highest BCUT2D eigenvalue weighted by Crippen LogP contribution is 2.35. The molecule has 0 radical (unpaired) electrons. The second kappa shape index (κ2) is 8.98. The Kier molecular flexibility index (Phi) is 6.71. The number of ether oxygens (including phenoxy) is 3. The molecule has 0 N–H and O–H groups in total. The summed E-state index contributed by atoms with van der Waals surface area (Å²) in [7, 11) is 1.53. The molecule has 0 spiro atoms. The summed E-state index contributed by atoms with van der Waals surface area (Å²) in [5.74, 6) is -0.911. The zero-order valence-electron chi connectivity index (χ0n) is 14.7. The van der Waals surface area contributed by atoms with Gasteiger partial charge in [0.15, 0.2) is 0 Å². The molecule has 1 aliphatic rings. The lowest BCUT2D eigenvalue weighted by molar-refractivity contribution is -0.434. The lowest BCUT2D eigenvalue weighted by Crippen LogP contribution is -2.23. The number of allylic oxidation sites excluding steroid dienone is 2. The van der Waals surface area contributed by atoms with Crippen molar-refractivity contribution in [2.45, 2.75) is 19.8 Å². The van der Waals surface area contributed by atoms with E-state index in [1.54, 1.807) is 30.3 Å². The van der Waals surface area contributed by atoms with Crippen molar-refractivity contribution in [2.75, 3.05) is 20.3 Å². The third kappa shape index (κ3) is 5.05. The van der Waals surface area contributed by atoms with Crippen molar-refractivity contribution in [3.05, 3.63) is 51.7 Å². The van der Waals surface area contributed by atoms with Gasteiger partial charge in [-0.1, -0.05) is 0 Å². The van der Waals surface area contributed by atoms with Crippen LogP contribution < -0.4 is 4.74 Å². The molecule has 0 aliphatic heterocycles. The molecule has 1 aromatic rings. The molecule has 26 heavy (non-hydrogen) atoms. The fraction of sp³-hybridized carbons (Fsp3) is 0.444. The van der Waals surface area contributed by atoms with Gasteiger partial charge < -0.3 is 14.2 Å². The van der Waals surface area contributed by atoms with Crippen molar-refractivity contribution in [1.29, 1.82) is 0 Å². The first-order valence-corrected chi connectivity index (χ1v) is 8.21. The highest BCUT2D eigenvalue weighted by atomic mass is 16.6. The number of nitrogens with zero attached hydrogens (tertiary/aromatic N) is 1. The van der Waals surface area contributed by atoms with E-state index in [-0.39, 0.29) is 24.8 Å². The quantitative estimate of drug-likeness (QED) is 0.397. The van der Waals surface area contributed by atoms with E-state index in [1.807, 2.05) is 0 Å². The predicted molar refractivity (Wildman–Crippen MR) is 91.2 cm³/mol. The highest BCUT2D eigenvalue weighted by molar-refractivity contribution is 5.89. The minimum atomic E-state index is -0.506. The number of hydrogen-bond acceptors (Lipinski definition) is 7. The maximum absolute atomic E-state index is 12.0. The molecule has 0 bridgehead atoms. The van der Waals surface area contributed by atoms with E-state index in [0.717, 1.165) is 0 Å². The minimum absolute atomic E-state index is 0.0390. The molecule has 8 heteroatoms. The van der Waals surface area contributed by atoms with Gasteiger partial charge in [0.1, 0.15) is 5.75 Å². The number of carbonyl (C=O) groups excluding carboxylic acids is 2. The number of nitro groups is 1. The van der Waals surface area contributed by atoms with Crippen LogP contribution in [-0.4, -0.2) is 37.2 Å². The molecule has 1 aromatic carbocycles. The van der Waals surface area contributed by atoms with Crippen LogP contribution in [0.4, 0.5) is 0 Å². The number of rotatable bonds is 8. The van der Waals surface area contributed by atoms with Gasteiger partial charge in [0.05, 0.1) is 36.7 Å². The first-order chi connectivity index (χ1) is 12.4. The standard InChI is InChI=1S/C18H21NO7/c1-12(20)26-11-14-5-8-17(19(22)23)16(14)9-10-25-18(21)13-3-6-15(24-2)7-4-13/h3-4,6-8,14,16H,5,9-11H2,1-2H3/t14-,16+/m0/s1. The van der Waals surface area contributed by atoms with Crippen LogP contribution in [0.25, 0.3) is 0 Å². The van der Waals surface area contributed by atoms with Crippen molar-refractivity contribution in [2.24, 2.45) is 11.8 Å². The van der Waals surface area contributed by atoms with E-state index in [9.17, 15) is 19.7 Å². The lowest BCUT2D eigenvalue weighted by Gasteiger charge is -2.18. The van der Waals surface area contributed by atoms with Gasteiger partial charge in [-0.2, -0.15) is 0 Å². The molecule has 0 heterocycles. The summed E-state index contributed by atoms with van der Waals surface area (Å²) in [5, 5.41) is 11.2. The molecule has 0 aromatic heterocycles. The number of methoxy groups -OCH3 is 1. The fourth-order valence-electron chi connectivity index (χ4n) is 2.92. The van der Waals surface area contributed by atoms with Crippen LogP contribution in [0.1, 0.15) is 30.1 Å². The summed E-state index contributed by atoms with van der Waals surface area (Å²) in [5.41, 5.74) is 0.460. The Morgan fingerprint density at radius 3 is 2.50 bits per heavy atom. The summed E-state index contributed by atoms with van der Waals surface area (Å²) < 4.78 is 15.2. The number of esters is 2. The van der Waals surface area contributed by atoms with E-state index in [0.29, 0.717) is 24.2 Å². The first kappa shape index (κ1) is 19.4. The molecule has 0 unspecified atom stereocenters. The number of benzene rings is 1. The van der Waals surface area contributed by atoms with Gasteiger partial charge in [-0.25, -0.2) is 4.79 Å². The number of hydrogen-bond donors (Lipinski definition) is 0. The monoisotopic (exact) mass is 363 g/mol. The second-order valence-corrected chi connectivity index (χ2v) is 5.94. The zero-order chi connectivity index (χ0) is 19.1. The Labute approximate surface area is 150 Å². The van der Waals surface area contributed by atoms with Gasteiger partial charge >= 0.3 is 11.9 Å². The van der Waals surface area contributed by atoms with Crippen LogP contribution in [0.5, 0.6) is 5.75 Å². The summed E-state index contributed by atoms with van der Waals surface area (Å²) in [4.78, 5) is 33.8. The molecular formula is C18H21NO7. The van der Waals surface area contributed by atoms with Crippen LogP contribution in [0.15, 0.2) is 36.0 Å². The van der Waals surface area contributed by atoms with Gasteiger partial charge in [-0.3, -0.25) is 14.9 Å². The topological polar surface area (TPSA) is 105 Å². The fourth-order valence-corrected chi connectivity index (χ4v) is 2.92. The summed E-state index contributed by atoms with van der Waals surface area (Å²) >= 11 is 0. The summed E-state index contributed by atoms with van der Waals surface area (Å²) in [6.07, 6.45) is 2.30. The summed E-state index contributed by atoms with van der Waals surface area (Å²) in [6.45, 7) is 1.44. The maximum atomic E-state index is 12.0. The van der Waals surface area contributed by atoms with Crippen molar-refractivity contribution >= 4 is 11.9 Å². The normalized spacial score (nSPS) is 18.8. The van der Waals surface area contributed by atoms with Gasteiger partial charge in [0.2, 0.25) is 5.70 Å². The molecule has 0 saturated carbocycles. The molecule has 8 nitrogen and oxygen atoms in total. The molecule has 0 fully saturated rings. The highest BCUT2D eigenvalue weighted by Gasteiger charge is 2.37. The first-order valence-electron chi connectivity index (χ1n) is 8.21. The molecular weight excluding hydrogens is 342 g/mol. The van der Waals surface area contributed by atoms with E-state index < -0.39 is 22.8 Å². The molecule has 2 rings (SSSR count). The lowest BCUT2D eigenvalue weighted by atomic mass is 9.92. The van der Waals surface area contributed by atoms with Gasteiger partial charge in [-0.15, -0.1) is 0 Å². The van der Waals surface area contributed by atoms with Crippen molar-refractivity contribution in [1.82, 2.24) is 0 Å². The van der Waals surface area contributed by atoms with Gasteiger partial charge in [-0.05, 0) is 43.2 Å². The van der Waals surface area contributed by atoms with Crippen LogP contribution in [0, 0.1) is 22.0 Å². The van der Waals surface area contributed by atoms with E-state index >= 15 is 0 Å². The third-order valence-corrected chi connectivity index (χ3v) is 4.28. The Hall–Kier alpha value is -2.90. The Bertz CT molecular complexity index is 696. The van der Waals surface area contributed by atoms with Gasteiger partial charge in [0.25, 0.3) is 0 Å². The Morgan fingerprint density at radius 2 is 1.92 bits per heavy atom. The smallest absolute Gasteiger partial charge is 0.338 e. The van der Waals surface area contributed by atoms with Crippen molar-refractivity contribution < 1.29 is 28.7 Å². The van der Waals surface area contributed by atoms with Gasteiger partial charge in [0, 0.05) is 12.8 Å². The van der Waals surface area contributed by atoms with Crippen molar-refractivity contribution in [3.8, 4) is 5.75 Å². The van der Waals surface area contributed by atoms with Crippen LogP contribution in [0.2, 0.25) is 0 Å². The molecule has 0 saturated heterocycles. The molecule has 0 amide bonds. The zero-order valence-corrected chi connectivity index (χ0v) is 14.7. The average Bonchev–Trinajstić information content (AvgIpc) is 3.03. The van der Waals surface area contributed by atoms with Crippen molar-refractivity contribution in [3.63, 3.8) is 0 Å². The second-order valence-electron chi connectivity index (χ2n) is 5.94. The van der Waals surface area contributed by atoms with E-state index in [4.69, 9.17) is 14.2 Å². The van der Waals surface area contributed by atoms with Crippen LogP contribution >= 0.6 is 0 Å². The maximum Gasteiger partial charge on any atom is 0.338 e. The SMILES string of the molecule is COc1ccc(C(=O)OCC[C@H]2C([N+](=O)[O-])=CC[C@H]2COC(C)=O)cc1.